The average Bonchev–Trinajstić information content (AvgIpc) is 2.65. The van der Waals surface area contributed by atoms with E-state index in [-0.39, 0.29) is 11.6 Å². The number of phenols is 1. The van der Waals surface area contributed by atoms with Crippen molar-refractivity contribution in [3.8, 4) is 5.75 Å². The van der Waals surface area contributed by atoms with Gasteiger partial charge >= 0.3 is 0 Å². The molecule has 1 saturated heterocycles. The number of hydrogen-bond donors (Lipinski definition) is 1. The smallest absolute Gasteiger partial charge is 0.254 e. The molecular formula is C18H19F2N3O2. The van der Waals surface area contributed by atoms with Gasteiger partial charge in [0.2, 0.25) is 0 Å². The maximum atomic E-state index is 13.4. The Hall–Kier alpha value is -2.54. The first-order valence-electron chi connectivity index (χ1n) is 8.09. The van der Waals surface area contributed by atoms with Crippen molar-refractivity contribution >= 4 is 5.91 Å². The molecule has 1 aliphatic heterocycles. The van der Waals surface area contributed by atoms with Gasteiger partial charge in [-0.2, -0.15) is 0 Å². The summed E-state index contributed by atoms with van der Waals surface area (Å²) < 4.78 is 26.9. The first-order valence-corrected chi connectivity index (χ1v) is 8.09. The van der Waals surface area contributed by atoms with E-state index in [9.17, 15) is 13.6 Å². The van der Waals surface area contributed by atoms with E-state index in [2.05, 4.69) is 16.8 Å². The van der Waals surface area contributed by atoms with E-state index in [1.807, 2.05) is 18.2 Å². The molecule has 3 rings (SSSR count). The Morgan fingerprint density at radius 2 is 1.80 bits per heavy atom. The minimum atomic E-state index is -1.13. The summed E-state index contributed by atoms with van der Waals surface area (Å²) in [5.74, 6) is -3.77. The van der Waals surface area contributed by atoms with Gasteiger partial charge in [0.15, 0.2) is 17.4 Å². The molecule has 7 heteroatoms. The summed E-state index contributed by atoms with van der Waals surface area (Å²) in [6.07, 6.45) is 1.75. The van der Waals surface area contributed by atoms with Crippen molar-refractivity contribution in [1.82, 2.24) is 14.8 Å². The average molecular weight is 347 g/mol. The van der Waals surface area contributed by atoms with Gasteiger partial charge in [-0.25, -0.2) is 8.78 Å². The van der Waals surface area contributed by atoms with Crippen molar-refractivity contribution < 1.29 is 18.7 Å². The van der Waals surface area contributed by atoms with Crippen LogP contribution in [0.25, 0.3) is 0 Å². The van der Waals surface area contributed by atoms with Crippen LogP contribution in [-0.2, 0) is 0 Å². The number of hydrogen-bond acceptors (Lipinski definition) is 4. The molecule has 5 nitrogen and oxygen atoms in total. The van der Waals surface area contributed by atoms with Gasteiger partial charge in [-0.05, 0) is 31.2 Å². The molecule has 1 N–H and O–H groups in total. The second-order valence-electron chi connectivity index (χ2n) is 6.05. The third-order valence-electron chi connectivity index (χ3n) is 4.53. The largest absolute Gasteiger partial charge is 0.503 e. The first kappa shape index (κ1) is 17.3. The molecule has 1 aromatic carbocycles. The third-order valence-corrected chi connectivity index (χ3v) is 4.53. The van der Waals surface area contributed by atoms with E-state index in [0.717, 1.165) is 17.8 Å². The summed E-state index contributed by atoms with van der Waals surface area (Å²) in [5.41, 5.74) is 0.865. The van der Waals surface area contributed by atoms with Gasteiger partial charge in [0, 0.05) is 44.0 Å². The molecule has 0 unspecified atom stereocenters. The highest BCUT2D eigenvalue weighted by atomic mass is 19.1. The molecule has 0 spiro atoms. The molecule has 1 fully saturated rings. The zero-order valence-corrected chi connectivity index (χ0v) is 13.8. The van der Waals surface area contributed by atoms with Gasteiger partial charge in [0.05, 0.1) is 5.69 Å². The maximum Gasteiger partial charge on any atom is 0.254 e. The highest BCUT2D eigenvalue weighted by Crippen LogP contribution is 2.24. The predicted molar refractivity (Wildman–Crippen MR) is 88.2 cm³/mol. The van der Waals surface area contributed by atoms with Gasteiger partial charge < -0.3 is 10.0 Å². The van der Waals surface area contributed by atoms with Crippen LogP contribution >= 0.6 is 0 Å². The molecule has 1 atom stereocenters. The van der Waals surface area contributed by atoms with Gasteiger partial charge in [0.1, 0.15) is 0 Å². The molecule has 132 valence electrons. The van der Waals surface area contributed by atoms with E-state index < -0.39 is 23.3 Å². The number of aromatic hydroxyl groups is 1. The zero-order valence-electron chi connectivity index (χ0n) is 13.8. The number of carbonyl (C=O) groups excluding carboxylic acids is 1. The second kappa shape index (κ2) is 7.14. The van der Waals surface area contributed by atoms with E-state index in [1.165, 1.54) is 0 Å². The van der Waals surface area contributed by atoms with E-state index in [1.54, 1.807) is 11.1 Å². The normalized spacial score (nSPS) is 16.7. The van der Waals surface area contributed by atoms with Crippen molar-refractivity contribution in [1.29, 1.82) is 0 Å². The van der Waals surface area contributed by atoms with Gasteiger partial charge in [-0.15, -0.1) is 0 Å². The number of carbonyl (C=O) groups is 1. The number of phenolic OH excluding ortho intramolecular Hbond substituents is 1. The molecule has 25 heavy (non-hydrogen) atoms. The number of benzene rings is 1. The number of halogens is 2. The Labute approximate surface area is 144 Å². The van der Waals surface area contributed by atoms with Crippen LogP contribution in [0.3, 0.4) is 0 Å². The summed E-state index contributed by atoms with van der Waals surface area (Å²) in [6, 6.07) is 7.62. The van der Waals surface area contributed by atoms with Crippen molar-refractivity contribution in [2.45, 2.75) is 13.0 Å². The van der Waals surface area contributed by atoms with E-state index in [4.69, 9.17) is 5.11 Å². The first-order chi connectivity index (χ1) is 12.0. The molecule has 0 bridgehead atoms. The van der Waals surface area contributed by atoms with Gasteiger partial charge in [-0.3, -0.25) is 14.7 Å². The minimum absolute atomic E-state index is 0.0981. The van der Waals surface area contributed by atoms with Crippen LogP contribution in [0, 0.1) is 11.6 Å². The van der Waals surface area contributed by atoms with Gasteiger partial charge in [-0.1, -0.05) is 6.07 Å². The molecular weight excluding hydrogens is 328 g/mol. The Balaban J connectivity index is 1.65. The standard InChI is InChI=1S/C18H19F2N3O2/c1-12(16-4-2-3-5-21-16)22-6-8-23(9-7-22)18(25)13-10-14(19)17(24)15(20)11-13/h2-5,10-12,24H,6-9H2,1H3/t12-/m0/s1. The van der Waals surface area contributed by atoms with Crippen molar-refractivity contribution in [2.24, 2.45) is 0 Å². The lowest BCUT2D eigenvalue weighted by atomic mass is 10.1. The number of amides is 1. The van der Waals surface area contributed by atoms with Crippen LogP contribution < -0.4 is 0 Å². The monoisotopic (exact) mass is 347 g/mol. The topological polar surface area (TPSA) is 56.7 Å². The highest BCUT2D eigenvalue weighted by molar-refractivity contribution is 5.94. The van der Waals surface area contributed by atoms with Crippen molar-refractivity contribution in [3.63, 3.8) is 0 Å². The second-order valence-corrected chi connectivity index (χ2v) is 6.05. The highest BCUT2D eigenvalue weighted by Gasteiger charge is 2.26. The van der Waals surface area contributed by atoms with Crippen LogP contribution in [-0.4, -0.2) is 52.0 Å². The molecule has 2 aromatic rings. The summed E-state index contributed by atoms with van der Waals surface area (Å²) in [4.78, 5) is 20.6. The quantitative estimate of drug-likeness (QED) is 0.927. The molecule has 0 saturated carbocycles. The molecule has 1 amide bonds. The summed E-state index contributed by atoms with van der Waals surface area (Å²) in [7, 11) is 0. The fourth-order valence-electron chi connectivity index (χ4n) is 2.99. The van der Waals surface area contributed by atoms with Gasteiger partial charge in [0.25, 0.3) is 5.91 Å². The van der Waals surface area contributed by atoms with Crippen LogP contribution in [0.15, 0.2) is 36.5 Å². The number of aromatic nitrogens is 1. The van der Waals surface area contributed by atoms with Crippen molar-refractivity contribution in [3.05, 3.63) is 59.4 Å². The Morgan fingerprint density at radius 3 is 2.36 bits per heavy atom. The number of pyridine rings is 1. The van der Waals surface area contributed by atoms with Crippen LogP contribution in [0.4, 0.5) is 8.78 Å². The number of rotatable bonds is 3. The van der Waals surface area contributed by atoms with Crippen molar-refractivity contribution in [2.75, 3.05) is 26.2 Å². The zero-order chi connectivity index (χ0) is 18.0. The van der Waals surface area contributed by atoms with E-state index in [0.29, 0.717) is 26.2 Å². The maximum absolute atomic E-state index is 13.4. The van der Waals surface area contributed by atoms with Crippen LogP contribution in [0.1, 0.15) is 29.0 Å². The number of piperazine rings is 1. The molecule has 1 aromatic heterocycles. The lowest BCUT2D eigenvalue weighted by molar-refractivity contribution is 0.0578. The SMILES string of the molecule is C[C@@H](c1ccccn1)N1CCN(C(=O)c2cc(F)c(O)c(F)c2)CC1. The molecule has 2 heterocycles. The summed E-state index contributed by atoms with van der Waals surface area (Å²) in [6.45, 7) is 4.27. The Kier molecular flexibility index (Phi) is 4.94. The number of nitrogens with zero attached hydrogens (tertiary/aromatic N) is 3. The third kappa shape index (κ3) is 3.61. The summed E-state index contributed by atoms with van der Waals surface area (Å²) >= 11 is 0. The summed E-state index contributed by atoms with van der Waals surface area (Å²) in [5, 5.41) is 9.14. The Morgan fingerprint density at radius 1 is 1.16 bits per heavy atom. The van der Waals surface area contributed by atoms with Crippen LogP contribution in [0.5, 0.6) is 5.75 Å². The molecule has 1 aliphatic rings. The minimum Gasteiger partial charge on any atom is -0.503 e. The molecule has 0 aliphatic carbocycles. The molecule has 0 radical (unpaired) electrons. The predicted octanol–water partition coefficient (Wildman–Crippen LogP) is 2.58. The van der Waals surface area contributed by atoms with Crippen LogP contribution in [0.2, 0.25) is 0 Å². The fourth-order valence-corrected chi connectivity index (χ4v) is 2.99. The lowest BCUT2D eigenvalue weighted by Gasteiger charge is -2.37. The fraction of sp³-hybridized carbons (Fsp3) is 0.333. The Bertz CT molecular complexity index is 739. The lowest BCUT2D eigenvalue weighted by Crippen LogP contribution is -2.49. The van der Waals surface area contributed by atoms with E-state index >= 15 is 0 Å².